The van der Waals surface area contributed by atoms with Crippen molar-refractivity contribution in [3.05, 3.63) is 94.1 Å². The average Bonchev–Trinajstić information content (AvgIpc) is 3.32. The molecule has 0 spiro atoms. The molecule has 11 heteroatoms. The smallest absolute Gasteiger partial charge is 0.411 e. The molecule has 2 N–H and O–H groups in total. The van der Waals surface area contributed by atoms with Gasteiger partial charge in [-0.05, 0) is 55.7 Å². The molecule has 0 fully saturated rings. The van der Waals surface area contributed by atoms with Gasteiger partial charge in [0.15, 0.2) is 17.8 Å². The first-order valence-electron chi connectivity index (χ1n) is 13.1. The van der Waals surface area contributed by atoms with Crippen LogP contribution in [0.2, 0.25) is 0 Å². The number of methoxy groups -OCH3 is 1. The standard InChI is InChI=1S/C30H27F3N4O4/c1-16-28-21-9-8-19(35-30(39)41-2)13-18(21)14-20(38)5-3-4-6-22(29(34-16)36-28)25-12-7-17(15-37(25)40)26-23(31)10-11-24(32)27(26)33/h7-13,15,22H,3-6,14H2,1-2H3,(H,34,36)(H,35,39)/t22-/m1/s1. The SMILES string of the molecule is COC(=O)Nc1ccc2c(c1)CC(=O)CCCC[C@H](c1ccc(-c3c(F)ccc(F)c3F)c[n+]1[O-])c1nc-2c(C)[nH]1. The number of amides is 1. The van der Waals surface area contributed by atoms with Crippen LogP contribution in [0.1, 0.15) is 54.4 Å². The Balaban J connectivity index is 1.57. The van der Waals surface area contributed by atoms with Crippen molar-refractivity contribution in [1.82, 2.24) is 9.97 Å². The fourth-order valence-corrected chi connectivity index (χ4v) is 5.23. The minimum atomic E-state index is -1.37. The van der Waals surface area contributed by atoms with E-state index in [1.165, 1.54) is 19.2 Å². The molecule has 1 atom stereocenters. The Morgan fingerprint density at radius 2 is 1.90 bits per heavy atom. The molecule has 1 aliphatic heterocycles. The van der Waals surface area contributed by atoms with Crippen molar-refractivity contribution in [2.24, 2.45) is 0 Å². The summed E-state index contributed by atoms with van der Waals surface area (Å²) in [6.45, 7) is 1.83. The lowest BCUT2D eigenvalue weighted by atomic mass is 9.93. The molecule has 0 unspecified atom stereocenters. The minimum Gasteiger partial charge on any atom is -0.618 e. The maximum absolute atomic E-state index is 14.4. The number of fused-ring (bicyclic) bond motifs is 4. The number of rotatable bonds is 3. The number of anilines is 1. The highest BCUT2D eigenvalue weighted by molar-refractivity contribution is 5.88. The highest BCUT2D eigenvalue weighted by atomic mass is 19.2. The number of hydrogen-bond donors (Lipinski definition) is 2. The van der Waals surface area contributed by atoms with Gasteiger partial charge >= 0.3 is 6.09 Å². The quantitative estimate of drug-likeness (QED) is 0.178. The van der Waals surface area contributed by atoms with Gasteiger partial charge in [0.25, 0.3) is 0 Å². The molecule has 0 radical (unpaired) electrons. The molecule has 5 rings (SSSR count). The summed E-state index contributed by atoms with van der Waals surface area (Å²) in [5, 5.41) is 15.8. The number of imidazole rings is 1. The van der Waals surface area contributed by atoms with Gasteiger partial charge in [0.2, 0.25) is 5.69 Å². The highest BCUT2D eigenvalue weighted by Gasteiger charge is 2.29. The summed E-state index contributed by atoms with van der Waals surface area (Å²) >= 11 is 0. The number of halogens is 3. The molecule has 41 heavy (non-hydrogen) atoms. The molecule has 2 aromatic carbocycles. The number of aryl methyl sites for hydroxylation is 1. The van der Waals surface area contributed by atoms with Crippen LogP contribution in [-0.2, 0) is 16.0 Å². The van der Waals surface area contributed by atoms with Gasteiger partial charge in [0.05, 0.1) is 23.9 Å². The summed E-state index contributed by atoms with van der Waals surface area (Å²) in [5.74, 6) is -3.55. The predicted octanol–water partition coefficient (Wildman–Crippen LogP) is 6.10. The van der Waals surface area contributed by atoms with Crippen molar-refractivity contribution in [1.29, 1.82) is 0 Å². The van der Waals surface area contributed by atoms with Crippen LogP contribution in [-0.4, -0.2) is 29.0 Å². The third-order valence-corrected chi connectivity index (χ3v) is 7.25. The number of carbonyl (C=O) groups excluding carboxylic acids is 2. The third kappa shape index (κ3) is 5.65. The molecule has 3 heterocycles. The molecule has 1 aliphatic rings. The van der Waals surface area contributed by atoms with Crippen molar-refractivity contribution < 1.29 is 32.2 Å². The van der Waals surface area contributed by atoms with Gasteiger partial charge in [-0.1, -0.05) is 12.5 Å². The summed E-state index contributed by atoms with van der Waals surface area (Å²) in [7, 11) is 1.26. The molecule has 2 bridgehead atoms. The van der Waals surface area contributed by atoms with Crippen LogP contribution in [0.3, 0.4) is 0 Å². The van der Waals surface area contributed by atoms with Gasteiger partial charge in [0.1, 0.15) is 23.3 Å². The second-order valence-electron chi connectivity index (χ2n) is 9.98. The first-order valence-corrected chi connectivity index (χ1v) is 13.1. The number of ether oxygens (including phenoxy) is 1. The average molecular weight is 565 g/mol. The fraction of sp³-hybridized carbons (Fsp3) is 0.267. The number of hydrogen-bond acceptors (Lipinski definition) is 5. The number of aromatic amines is 1. The molecule has 2 aromatic heterocycles. The molecule has 212 valence electrons. The van der Waals surface area contributed by atoms with Gasteiger partial charge in [0, 0.05) is 35.9 Å². The predicted molar refractivity (Wildman–Crippen MR) is 145 cm³/mol. The van der Waals surface area contributed by atoms with E-state index in [0.717, 1.165) is 12.3 Å². The lowest BCUT2D eigenvalue weighted by molar-refractivity contribution is -0.614. The number of ketones is 1. The number of pyridine rings is 1. The minimum absolute atomic E-state index is 0.0226. The number of benzene rings is 2. The largest absolute Gasteiger partial charge is 0.618 e. The van der Waals surface area contributed by atoms with E-state index in [-0.39, 0.29) is 23.5 Å². The van der Waals surface area contributed by atoms with E-state index in [0.29, 0.717) is 70.5 Å². The summed E-state index contributed by atoms with van der Waals surface area (Å²) in [6.07, 6.45) is 2.55. The first-order chi connectivity index (χ1) is 19.7. The van der Waals surface area contributed by atoms with E-state index in [1.807, 2.05) is 6.92 Å². The van der Waals surface area contributed by atoms with Crippen LogP contribution >= 0.6 is 0 Å². The summed E-state index contributed by atoms with van der Waals surface area (Å²) in [5.41, 5.74) is 2.74. The lowest BCUT2D eigenvalue weighted by Gasteiger charge is -2.16. The molecule has 1 amide bonds. The van der Waals surface area contributed by atoms with E-state index in [9.17, 15) is 28.0 Å². The van der Waals surface area contributed by atoms with Crippen LogP contribution in [0.25, 0.3) is 22.4 Å². The van der Waals surface area contributed by atoms with Crippen LogP contribution in [0.15, 0.2) is 48.7 Å². The van der Waals surface area contributed by atoms with Crippen molar-refractivity contribution in [3.8, 4) is 22.4 Å². The van der Waals surface area contributed by atoms with Gasteiger partial charge in [-0.3, -0.25) is 10.1 Å². The molecule has 8 nitrogen and oxygen atoms in total. The number of nitrogens with zero attached hydrogens (tertiary/aromatic N) is 2. The van der Waals surface area contributed by atoms with Gasteiger partial charge in [-0.2, -0.15) is 4.73 Å². The molecular weight excluding hydrogens is 537 g/mol. The first kappa shape index (κ1) is 27.9. The van der Waals surface area contributed by atoms with Crippen LogP contribution in [0.5, 0.6) is 0 Å². The second-order valence-corrected chi connectivity index (χ2v) is 9.98. The van der Waals surface area contributed by atoms with E-state index in [4.69, 9.17) is 4.98 Å². The maximum Gasteiger partial charge on any atom is 0.411 e. The Bertz CT molecular complexity index is 1650. The number of aromatic nitrogens is 3. The summed E-state index contributed by atoms with van der Waals surface area (Å²) in [6, 6.07) is 9.52. The van der Waals surface area contributed by atoms with E-state index < -0.39 is 35.0 Å². The van der Waals surface area contributed by atoms with Crippen LogP contribution < -0.4 is 10.0 Å². The number of Topliss-reactive ketones (excluding diaryl/α,β-unsaturated/α-hetero) is 1. The topological polar surface area (TPSA) is 111 Å². The Morgan fingerprint density at radius 1 is 1.12 bits per heavy atom. The molecule has 4 aromatic rings. The van der Waals surface area contributed by atoms with E-state index in [1.54, 1.807) is 18.2 Å². The highest BCUT2D eigenvalue weighted by Crippen LogP contribution is 2.35. The van der Waals surface area contributed by atoms with Crippen LogP contribution in [0.4, 0.5) is 23.7 Å². The zero-order valence-electron chi connectivity index (χ0n) is 22.4. The number of carbonyl (C=O) groups is 2. The second kappa shape index (κ2) is 11.4. The molecule has 0 saturated carbocycles. The fourth-order valence-electron chi connectivity index (χ4n) is 5.23. The van der Waals surface area contributed by atoms with Crippen molar-refractivity contribution >= 4 is 17.6 Å². The zero-order chi connectivity index (χ0) is 29.3. The number of H-pyrrole nitrogens is 1. The normalized spacial score (nSPS) is 15.4. The van der Waals surface area contributed by atoms with Gasteiger partial charge in [-0.15, -0.1) is 0 Å². The summed E-state index contributed by atoms with van der Waals surface area (Å²) in [4.78, 5) is 32.7. The lowest BCUT2D eigenvalue weighted by Crippen LogP contribution is -2.34. The van der Waals surface area contributed by atoms with Crippen molar-refractivity contribution in [2.45, 2.75) is 44.9 Å². The van der Waals surface area contributed by atoms with Gasteiger partial charge < -0.3 is 14.9 Å². The zero-order valence-corrected chi connectivity index (χ0v) is 22.4. The monoisotopic (exact) mass is 564 g/mol. The van der Waals surface area contributed by atoms with Crippen molar-refractivity contribution in [2.75, 3.05) is 12.4 Å². The van der Waals surface area contributed by atoms with Gasteiger partial charge in [-0.25, -0.2) is 22.9 Å². The Kier molecular flexibility index (Phi) is 7.78. The van der Waals surface area contributed by atoms with E-state index >= 15 is 0 Å². The van der Waals surface area contributed by atoms with E-state index in [2.05, 4.69) is 15.0 Å². The molecule has 0 aliphatic carbocycles. The third-order valence-electron chi connectivity index (χ3n) is 7.25. The summed E-state index contributed by atoms with van der Waals surface area (Å²) < 4.78 is 47.8. The molecule has 0 saturated heterocycles. The van der Waals surface area contributed by atoms with Crippen LogP contribution in [0, 0.1) is 29.6 Å². The maximum atomic E-state index is 14.4. The number of nitrogens with one attached hydrogen (secondary N) is 2. The Morgan fingerprint density at radius 3 is 2.66 bits per heavy atom. The Hall–Kier alpha value is -4.67. The molecular formula is C30H27F3N4O4. The Labute approximate surface area is 233 Å². The van der Waals surface area contributed by atoms with Crippen molar-refractivity contribution in [3.63, 3.8) is 0 Å².